The van der Waals surface area contributed by atoms with E-state index in [-0.39, 0.29) is 19.4 Å². The Kier molecular flexibility index (Phi) is 23.2. The molecule has 2 rings (SSSR count). The van der Waals surface area contributed by atoms with Gasteiger partial charge >= 0.3 is 25.5 Å². The third kappa shape index (κ3) is 19.1. The summed E-state index contributed by atoms with van der Waals surface area (Å²) in [5, 5.41) is 20.8. The van der Waals surface area contributed by atoms with Crippen LogP contribution in [0.25, 0.3) is 0 Å². The van der Waals surface area contributed by atoms with E-state index in [1.54, 1.807) is 0 Å². The molecule has 1 aromatic rings. The molecule has 52 heavy (non-hydrogen) atoms. The van der Waals surface area contributed by atoms with E-state index in [0.717, 1.165) is 55.4 Å². The van der Waals surface area contributed by atoms with Crippen molar-refractivity contribution in [2.75, 3.05) is 19.8 Å². The van der Waals surface area contributed by atoms with Crippen molar-refractivity contribution in [1.82, 2.24) is 9.55 Å². The number of unbranched alkanes of at least 4 members (excludes halogenated alkanes) is 16. The van der Waals surface area contributed by atoms with Gasteiger partial charge in [0.2, 0.25) is 0 Å². The largest absolute Gasteiger partial charge is 0.472 e. The Hall–Kier alpha value is -2.39. The molecule has 0 aliphatic carbocycles. The van der Waals surface area contributed by atoms with Gasteiger partial charge < -0.3 is 29.3 Å². The number of aromatic amines is 1. The van der Waals surface area contributed by atoms with Crippen LogP contribution >= 0.6 is 7.82 Å². The average Bonchev–Trinajstić information content (AvgIpc) is 3.39. The van der Waals surface area contributed by atoms with Crippen molar-refractivity contribution in [2.24, 2.45) is 0 Å². The van der Waals surface area contributed by atoms with Crippen LogP contribution in [0.4, 0.5) is 0 Å². The SMILES string of the molecule is CCCCCCCCCCCC(=O)OC[C@@H](COP(=O)(O)OC[C@H]1O[C@@H](n2ccc(=O)[nH]c2=O)C(O)C1O)OC(=O)CCCCCCCCCCC. The van der Waals surface area contributed by atoms with Gasteiger partial charge in [-0.3, -0.25) is 33.0 Å². The number of carbonyl (C=O) groups is 2. The van der Waals surface area contributed by atoms with E-state index in [1.165, 1.54) is 64.2 Å². The van der Waals surface area contributed by atoms with E-state index >= 15 is 0 Å². The Morgan fingerprint density at radius 1 is 0.788 bits per heavy atom. The molecular formula is C36H63N2O13P. The summed E-state index contributed by atoms with van der Waals surface area (Å²) < 4.78 is 40.0. The molecule has 16 heteroatoms. The zero-order chi connectivity index (χ0) is 38.2. The Bertz CT molecular complexity index is 1310. The van der Waals surface area contributed by atoms with Gasteiger partial charge in [-0.2, -0.15) is 0 Å². The minimum absolute atomic E-state index is 0.130. The van der Waals surface area contributed by atoms with Crippen LogP contribution in [-0.4, -0.2) is 80.8 Å². The molecule has 3 unspecified atom stereocenters. The highest BCUT2D eigenvalue weighted by Gasteiger charge is 2.45. The summed E-state index contributed by atoms with van der Waals surface area (Å²) in [6, 6.07) is 1.03. The van der Waals surface area contributed by atoms with Gasteiger partial charge in [-0.1, -0.05) is 117 Å². The number of carbonyl (C=O) groups excluding carboxylic acids is 2. The first-order valence-corrected chi connectivity index (χ1v) is 20.8. The summed E-state index contributed by atoms with van der Waals surface area (Å²) in [6.45, 7) is 2.63. The zero-order valence-electron chi connectivity index (χ0n) is 31.1. The van der Waals surface area contributed by atoms with Gasteiger partial charge in [0.15, 0.2) is 12.3 Å². The molecule has 1 fully saturated rings. The molecule has 1 aromatic heterocycles. The maximum atomic E-state index is 12.8. The van der Waals surface area contributed by atoms with Gasteiger partial charge in [0.1, 0.15) is 24.9 Å². The van der Waals surface area contributed by atoms with E-state index in [2.05, 4.69) is 13.8 Å². The number of esters is 2. The van der Waals surface area contributed by atoms with Crippen LogP contribution in [0.1, 0.15) is 148 Å². The number of phosphoric acid groups is 1. The number of aliphatic hydroxyl groups excluding tert-OH is 2. The monoisotopic (exact) mass is 762 g/mol. The number of phosphoric ester groups is 1. The number of hydrogen-bond donors (Lipinski definition) is 4. The predicted octanol–water partition coefficient (Wildman–Crippen LogP) is 5.59. The molecule has 0 spiro atoms. The van der Waals surface area contributed by atoms with E-state index < -0.39 is 74.9 Å². The fourth-order valence-corrected chi connectivity index (χ4v) is 6.65. The minimum atomic E-state index is -4.85. The highest BCUT2D eigenvalue weighted by Crippen LogP contribution is 2.44. The second-order valence-corrected chi connectivity index (χ2v) is 15.0. The van der Waals surface area contributed by atoms with Crippen molar-refractivity contribution in [2.45, 2.75) is 173 Å². The smallest absolute Gasteiger partial charge is 0.462 e. The van der Waals surface area contributed by atoms with Crippen LogP contribution in [0, 0.1) is 0 Å². The van der Waals surface area contributed by atoms with Gasteiger partial charge in [-0.15, -0.1) is 0 Å². The van der Waals surface area contributed by atoms with Crippen molar-refractivity contribution < 1.29 is 52.5 Å². The number of ether oxygens (including phenoxy) is 3. The molecule has 1 aliphatic rings. The van der Waals surface area contributed by atoms with E-state index in [0.29, 0.717) is 12.8 Å². The lowest BCUT2D eigenvalue weighted by Gasteiger charge is -2.21. The molecule has 0 aromatic carbocycles. The third-order valence-corrected chi connectivity index (χ3v) is 9.94. The zero-order valence-corrected chi connectivity index (χ0v) is 32.0. The molecular weight excluding hydrogens is 699 g/mol. The summed E-state index contributed by atoms with van der Waals surface area (Å²) >= 11 is 0. The van der Waals surface area contributed by atoms with Gasteiger partial charge in [0.25, 0.3) is 5.56 Å². The molecule has 0 bridgehead atoms. The highest BCUT2D eigenvalue weighted by molar-refractivity contribution is 7.47. The third-order valence-electron chi connectivity index (χ3n) is 8.99. The quantitative estimate of drug-likeness (QED) is 0.0428. The van der Waals surface area contributed by atoms with E-state index in [1.807, 2.05) is 4.98 Å². The summed E-state index contributed by atoms with van der Waals surface area (Å²) in [6.07, 6.45) is 13.7. The lowest BCUT2D eigenvalue weighted by Crippen LogP contribution is -2.37. The molecule has 4 N–H and O–H groups in total. The number of aromatic nitrogens is 2. The predicted molar refractivity (Wildman–Crippen MR) is 194 cm³/mol. The van der Waals surface area contributed by atoms with Crippen LogP contribution in [0.15, 0.2) is 21.9 Å². The maximum Gasteiger partial charge on any atom is 0.472 e. The summed E-state index contributed by atoms with van der Waals surface area (Å²) in [5.41, 5.74) is -1.57. The standard InChI is InChI=1S/C36H63N2O13P/c1-3-5-7-9-11-13-15-17-19-21-31(40)47-25-28(50-32(41)22-20-18-16-14-12-10-8-6-4-2)26-48-52(45,46)49-27-29-33(42)34(43)35(51-29)38-24-23-30(39)37-36(38)44/h23-24,28-29,33-35,42-43H,3-22,25-27H2,1-2H3,(H,45,46)(H,37,39,44)/t28-,29+,33?,34?,35+/m0/s1. The molecule has 0 amide bonds. The Balaban J connectivity index is 1.84. The lowest BCUT2D eigenvalue weighted by molar-refractivity contribution is -0.161. The molecule has 6 atom stereocenters. The normalized spacial score (nSPS) is 20.4. The molecule has 300 valence electrons. The van der Waals surface area contributed by atoms with Crippen LogP contribution in [0.3, 0.4) is 0 Å². The van der Waals surface area contributed by atoms with E-state index in [9.17, 15) is 38.8 Å². The van der Waals surface area contributed by atoms with Crippen LogP contribution < -0.4 is 11.2 Å². The molecule has 1 aliphatic heterocycles. The summed E-state index contributed by atoms with van der Waals surface area (Å²) in [4.78, 5) is 60.9. The summed E-state index contributed by atoms with van der Waals surface area (Å²) in [7, 11) is -4.85. The molecule has 0 radical (unpaired) electrons. The molecule has 2 heterocycles. The Morgan fingerprint density at radius 3 is 1.85 bits per heavy atom. The second kappa shape index (κ2) is 26.4. The number of nitrogens with one attached hydrogen (secondary N) is 1. The number of rotatable bonds is 30. The first kappa shape index (κ1) is 45.8. The maximum absolute atomic E-state index is 12.8. The van der Waals surface area contributed by atoms with Crippen LogP contribution in [0.5, 0.6) is 0 Å². The van der Waals surface area contributed by atoms with E-state index in [4.69, 9.17) is 23.3 Å². The number of hydrogen-bond acceptors (Lipinski definition) is 12. The van der Waals surface area contributed by atoms with Crippen molar-refractivity contribution in [3.05, 3.63) is 33.1 Å². The van der Waals surface area contributed by atoms with Gasteiger partial charge in [0.05, 0.1) is 13.2 Å². The van der Waals surface area contributed by atoms with Crippen molar-refractivity contribution in [3.63, 3.8) is 0 Å². The molecule has 0 saturated carbocycles. The summed E-state index contributed by atoms with van der Waals surface area (Å²) in [5.74, 6) is -1.03. The van der Waals surface area contributed by atoms with Gasteiger partial charge in [-0.25, -0.2) is 9.36 Å². The van der Waals surface area contributed by atoms with Gasteiger partial charge in [0, 0.05) is 25.1 Å². The number of aliphatic hydroxyl groups is 2. The fraction of sp³-hybridized carbons (Fsp3) is 0.833. The Morgan fingerprint density at radius 2 is 1.31 bits per heavy atom. The lowest BCUT2D eigenvalue weighted by atomic mass is 10.1. The highest BCUT2D eigenvalue weighted by atomic mass is 31.2. The molecule has 1 saturated heterocycles. The topological polar surface area (TPSA) is 213 Å². The van der Waals surface area contributed by atoms with Crippen molar-refractivity contribution in [1.29, 1.82) is 0 Å². The van der Waals surface area contributed by atoms with Crippen molar-refractivity contribution in [3.8, 4) is 0 Å². The molecule has 15 nitrogen and oxygen atoms in total. The van der Waals surface area contributed by atoms with Crippen molar-refractivity contribution >= 4 is 19.8 Å². The second-order valence-electron chi connectivity index (χ2n) is 13.6. The minimum Gasteiger partial charge on any atom is -0.462 e. The van der Waals surface area contributed by atoms with Gasteiger partial charge in [-0.05, 0) is 12.8 Å². The van der Waals surface area contributed by atoms with Crippen LogP contribution in [-0.2, 0) is 37.4 Å². The van der Waals surface area contributed by atoms with Crippen LogP contribution in [0.2, 0.25) is 0 Å². The Labute approximate surface area is 307 Å². The fourth-order valence-electron chi connectivity index (χ4n) is 5.89. The number of nitrogens with zero attached hydrogens (tertiary/aromatic N) is 1. The number of H-pyrrole nitrogens is 1. The average molecular weight is 763 g/mol. The first-order chi connectivity index (χ1) is 25.0. The first-order valence-electron chi connectivity index (χ1n) is 19.3.